The van der Waals surface area contributed by atoms with Gasteiger partial charge in [0.15, 0.2) is 6.10 Å². The number of amides is 3. The maximum atomic E-state index is 13.8. The highest BCUT2D eigenvalue weighted by Gasteiger charge is 2.50. The molecule has 0 saturated carbocycles. The third-order valence-corrected chi connectivity index (χ3v) is 9.16. The predicted octanol–water partition coefficient (Wildman–Crippen LogP) is 3.62. The molecule has 0 spiro atoms. The lowest BCUT2D eigenvalue weighted by Gasteiger charge is -2.34. The molecule has 8 nitrogen and oxygen atoms in total. The maximum Gasteiger partial charge on any atom is 0.254 e. The van der Waals surface area contributed by atoms with Gasteiger partial charge in [-0.2, -0.15) is 0 Å². The molecule has 1 saturated heterocycles. The van der Waals surface area contributed by atoms with Crippen LogP contribution in [0.1, 0.15) is 60.2 Å². The van der Waals surface area contributed by atoms with Crippen LogP contribution in [0.5, 0.6) is 5.75 Å². The van der Waals surface area contributed by atoms with Crippen molar-refractivity contribution in [1.82, 2.24) is 15.5 Å². The number of phenolic OH excluding ortho intramolecular Hbond substituents is 1. The molecule has 0 radical (unpaired) electrons. The average molecular weight is 566 g/mol. The zero-order valence-electron chi connectivity index (χ0n) is 23.5. The van der Waals surface area contributed by atoms with Gasteiger partial charge in [-0.05, 0) is 70.6 Å². The summed E-state index contributed by atoms with van der Waals surface area (Å²) in [5.41, 5.74) is 2.16. The minimum atomic E-state index is -1.59. The molecule has 2 aromatic rings. The van der Waals surface area contributed by atoms with Crippen molar-refractivity contribution in [2.45, 2.75) is 82.4 Å². The largest absolute Gasteiger partial charge is 0.507 e. The Labute approximate surface area is 240 Å². The number of hydrogen-bond donors (Lipinski definition) is 4. The summed E-state index contributed by atoms with van der Waals surface area (Å²) in [6.45, 7) is 7.25. The summed E-state index contributed by atoms with van der Waals surface area (Å²) in [4.78, 5) is 42.1. The van der Waals surface area contributed by atoms with Gasteiger partial charge in [-0.3, -0.25) is 14.4 Å². The van der Waals surface area contributed by atoms with Crippen LogP contribution in [0.2, 0.25) is 0 Å². The molecule has 4 N–H and O–H groups in total. The van der Waals surface area contributed by atoms with Crippen LogP contribution in [0.3, 0.4) is 0 Å². The van der Waals surface area contributed by atoms with Crippen LogP contribution in [-0.4, -0.2) is 67.7 Å². The van der Waals surface area contributed by atoms with E-state index in [-0.39, 0.29) is 35.6 Å². The Morgan fingerprint density at radius 1 is 1.12 bits per heavy atom. The molecular formula is C31H39N3O5S. The number of phenols is 1. The number of carbonyl (C=O) groups excluding carboxylic acids is 3. The van der Waals surface area contributed by atoms with E-state index in [9.17, 15) is 24.6 Å². The fourth-order valence-corrected chi connectivity index (χ4v) is 6.53. The zero-order valence-corrected chi connectivity index (χ0v) is 24.3. The van der Waals surface area contributed by atoms with Gasteiger partial charge >= 0.3 is 0 Å². The van der Waals surface area contributed by atoms with Crippen molar-refractivity contribution in [3.63, 3.8) is 0 Å². The quantitative estimate of drug-likeness (QED) is 0.363. The third kappa shape index (κ3) is 6.53. The van der Waals surface area contributed by atoms with Crippen molar-refractivity contribution in [3.8, 4) is 5.75 Å². The van der Waals surface area contributed by atoms with Crippen LogP contribution in [-0.2, 0) is 16.0 Å². The number of benzene rings is 2. The molecule has 2 aromatic carbocycles. The summed E-state index contributed by atoms with van der Waals surface area (Å²) in [6, 6.07) is 10.7. The summed E-state index contributed by atoms with van der Waals surface area (Å²) < 4.78 is -0.563. The number of rotatable bonds is 8. The molecule has 1 aliphatic heterocycles. The highest BCUT2D eigenvalue weighted by atomic mass is 32.2. The monoisotopic (exact) mass is 565 g/mol. The molecule has 4 atom stereocenters. The van der Waals surface area contributed by atoms with E-state index in [0.717, 1.165) is 24.8 Å². The van der Waals surface area contributed by atoms with Crippen molar-refractivity contribution < 1.29 is 24.6 Å². The Hall–Kier alpha value is -3.30. The Kier molecular flexibility index (Phi) is 9.26. The smallest absolute Gasteiger partial charge is 0.254 e. The first kappa shape index (κ1) is 29.7. The van der Waals surface area contributed by atoms with Gasteiger partial charge in [-0.25, -0.2) is 0 Å². The molecule has 1 heterocycles. The molecule has 4 rings (SSSR count). The van der Waals surface area contributed by atoms with Crippen molar-refractivity contribution >= 4 is 29.5 Å². The summed E-state index contributed by atoms with van der Waals surface area (Å²) >= 11 is 1.48. The van der Waals surface area contributed by atoms with Crippen LogP contribution < -0.4 is 10.6 Å². The molecule has 1 aliphatic carbocycles. The fourth-order valence-electron chi connectivity index (χ4n) is 5.39. The van der Waals surface area contributed by atoms with Crippen molar-refractivity contribution in [3.05, 3.63) is 76.9 Å². The molecule has 2 aliphatic rings. The lowest BCUT2D eigenvalue weighted by atomic mass is 9.96. The molecule has 0 bridgehead atoms. The van der Waals surface area contributed by atoms with Gasteiger partial charge in [-0.1, -0.05) is 48.6 Å². The Balaban J connectivity index is 1.58. The fraction of sp³-hybridized carbons (Fsp3) is 0.452. The average Bonchev–Trinajstić information content (AvgIpc) is 3.26. The normalized spacial score (nSPS) is 21.5. The second kappa shape index (κ2) is 12.5. The standard InChI is InChI=1S/C31H39N3O5S/c1-19-15-16-23(20(2)25(19)35)28(37)33-24(17-21-11-7-5-8-12-21)26(36)30(39)34-18-40-31(3,4)27(34)29(38)32-22-13-9-6-10-14-22/h5,7-9,11-13,15-16,22,24,26-27,35-36H,6,10,14,17-18H2,1-4H3,(H,32,38)(H,33,37). The summed E-state index contributed by atoms with van der Waals surface area (Å²) in [5.74, 6) is -1.08. The second-order valence-corrected chi connectivity index (χ2v) is 12.8. The number of nitrogens with one attached hydrogen (secondary N) is 2. The third-order valence-electron chi connectivity index (χ3n) is 7.79. The first-order valence-electron chi connectivity index (χ1n) is 13.7. The number of allylic oxidation sites excluding steroid dienone is 1. The number of nitrogens with zero attached hydrogens (tertiary/aromatic N) is 1. The van der Waals surface area contributed by atoms with E-state index in [1.807, 2.05) is 50.3 Å². The van der Waals surface area contributed by atoms with Gasteiger partial charge in [0.1, 0.15) is 11.8 Å². The number of aliphatic hydroxyl groups is 1. The predicted molar refractivity (Wildman–Crippen MR) is 157 cm³/mol. The lowest BCUT2D eigenvalue weighted by molar-refractivity contribution is -0.147. The van der Waals surface area contributed by atoms with Crippen molar-refractivity contribution in [2.24, 2.45) is 0 Å². The lowest BCUT2D eigenvalue weighted by Crippen LogP contribution is -2.59. The summed E-state index contributed by atoms with van der Waals surface area (Å²) in [6.07, 6.45) is 5.48. The molecule has 1 fully saturated rings. The Bertz CT molecular complexity index is 1280. The van der Waals surface area contributed by atoms with Crippen LogP contribution in [0, 0.1) is 13.8 Å². The minimum Gasteiger partial charge on any atom is -0.507 e. The van der Waals surface area contributed by atoms with E-state index in [4.69, 9.17) is 0 Å². The molecule has 9 heteroatoms. The van der Waals surface area contributed by atoms with Crippen LogP contribution in [0.15, 0.2) is 54.6 Å². The summed E-state index contributed by atoms with van der Waals surface area (Å²) in [7, 11) is 0. The molecule has 40 heavy (non-hydrogen) atoms. The second-order valence-electron chi connectivity index (χ2n) is 11.2. The number of carbonyl (C=O) groups is 3. The molecule has 4 unspecified atom stereocenters. The molecule has 214 valence electrons. The molecular weight excluding hydrogens is 526 g/mol. The maximum absolute atomic E-state index is 13.8. The first-order valence-corrected chi connectivity index (χ1v) is 14.7. The number of aromatic hydroxyl groups is 1. The highest BCUT2D eigenvalue weighted by Crippen LogP contribution is 2.40. The minimum absolute atomic E-state index is 0.0295. The van der Waals surface area contributed by atoms with Crippen LogP contribution in [0.4, 0.5) is 0 Å². The van der Waals surface area contributed by atoms with Crippen LogP contribution in [0.25, 0.3) is 0 Å². The van der Waals surface area contributed by atoms with Crippen molar-refractivity contribution in [1.29, 1.82) is 0 Å². The topological polar surface area (TPSA) is 119 Å². The zero-order chi connectivity index (χ0) is 29.0. The van der Waals surface area contributed by atoms with E-state index >= 15 is 0 Å². The van der Waals surface area contributed by atoms with Crippen LogP contribution >= 0.6 is 11.8 Å². The Morgan fingerprint density at radius 3 is 2.52 bits per heavy atom. The number of aryl methyl sites for hydroxylation is 1. The number of aliphatic hydroxyl groups excluding tert-OH is 1. The van der Waals surface area contributed by atoms with Gasteiger partial charge < -0.3 is 25.7 Å². The number of thioether (sulfide) groups is 1. The van der Waals surface area contributed by atoms with E-state index < -0.39 is 34.7 Å². The van der Waals surface area contributed by atoms with E-state index in [1.165, 1.54) is 16.7 Å². The first-order chi connectivity index (χ1) is 19.0. The van der Waals surface area contributed by atoms with E-state index in [1.54, 1.807) is 26.0 Å². The number of hydrogen-bond acceptors (Lipinski definition) is 6. The van der Waals surface area contributed by atoms with Gasteiger partial charge in [-0.15, -0.1) is 11.8 Å². The van der Waals surface area contributed by atoms with Gasteiger partial charge in [0.25, 0.3) is 11.8 Å². The van der Waals surface area contributed by atoms with E-state index in [2.05, 4.69) is 16.7 Å². The highest BCUT2D eigenvalue weighted by molar-refractivity contribution is 8.00. The van der Waals surface area contributed by atoms with E-state index in [0.29, 0.717) is 11.1 Å². The molecule has 0 aromatic heterocycles. The SMILES string of the molecule is Cc1ccc(C(=O)NC(Cc2ccccc2)C(O)C(=O)N2CSC(C)(C)C2C(=O)NC2C=CCCC2)c(C)c1O. The van der Waals surface area contributed by atoms with Gasteiger partial charge in [0, 0.05) is 21.9 Å². The molecule has 3 amide bonds. The van der Waals surface area contributed by atoms with Gasteiger partial charge in [0.05, 0.1) is 11.9 Å². The summed E-state index contributed by atoms with van der Waals surface area (Å²) in [5, 5.41) is 27.7. The van der Waals surface area contributed by atoms with Crippen molar-refractivity contribution in [2.75, 3.05) is 5.88 Å². The van der Waals surface area contributed by atoms with Gasteiger partial charge in [0.2, 0.25) is 5.91 Å². The Morgan fingerprint density at radius 2 is 1.85 bits per heavy atom.